The predicted octanol–water partition coefficient (Wildman–Crippen LogP) is -0.874. The van der Waals surface area contributed by atoms with Gasteiger partial charge in [-0.3, -0.25) is 19.2 Å². The van der Waals surface area contributed by atoms with E-state index >= 15 is 0 Å². The number of hydrogen-bond acceptors (Lipinski definition) is 7. The Kier molecular flexibility index (Phi) is 8.17. The highest BCUT2D eigenvalue weighted by Crippen LogP contribution is 2.17. The van der Waals surface area contributed by atoms with Crippen LogP contribution in [0.15, 0.2) is 0 Å². The van der Waals surface area contributed by atoms with Crippen LogP contribution in [0.5, 0.6) is 0 Å². The lowest BCUT2D eigenvalue weighted by atomic mass is 9.94. The first-order valence-electron chi connectivity index (χ1n) is 7.90. The van der Waals surface area contributed by atoms with Crippen molar-refractivity contribution in [3.63, 3.8) is 0 Å². The molecule has 9 heteroatoms. The van der Waals surface area contributed by atoms with E-state index in [1.54, 1.807) is 13.8 Å². The molecule has 1 aliphatic rings. The van der Waals surface area contributed by atoms with Gasteiger partial charge in [-0.25, -0.2) is 0 Å². The topological polar surface area (TPSA) is 134 Å². The van der Waals surface area contributed by atoms with Gasteiger partial charge < -0.3 is 25.3 Å². The number of nitrogens with two attached hydrogens (primary N) is 1. The van der Waals surface area contributed by atoms with Gasteiger partial charge in [0.25, 0.3) is 0 Å². The van der Waals surface area contributed by atoms with E-state index in [4.69, 9.17) is 19.9 Å². The first-order valence-corrected chi connectivity index (χ1v) is 7.90. The van der Waals surface area contributed by atoms with Gasteiger partial charge in [0.05, 0.1) is 38.1 Å². The number of carbonyl (C=O) groups is 4. The lowest BCUT2D eigenvalue weighted by Gasteiger charge is -2.24. The number of ether oxygens (including phenoxy) is 3. The van der Waals surface area contributed by atoms with E-state index in [2.05, 4.69) is 5.32 Å². The van der Waals surface area contributed by atoms with Gasteiger partial charge in [0.1, 0.15) is 6.04 Å². The standard InChI is InChI=1S/C15H24N2O7/c1-3-23-11(18)7-10(15(21)24-4-2)12(13(16)19)17-14(20)9-5-6-22-8-9/h9-10,12H,3-8H2,1-2H3,(H2,16,19)(H,17,20)/t9-,10-,12-/m1/s1. The van der Waals surface area contributed by atoms with Gasteiger partial charge in [0.2, 0.25) is 11.8 Å². The Morgan fingerprint density at radius 3 is 2.38 bits per heavy atom. The van der Waals surface area contributed by atoms with Gasteiger partial charge in [-0.1, -0.05) is 0 Å². The normalized spacial score (nSPS) is 19.2. The van der Waals surface area contributed by atoms with Crippen LogP contribution in [-0.4, -0.2) is 56.2 Å². The van der Waals surface area contributed by atoms with E-state index < -0.39 is 48.1 Å². The number of nitrogens with one attached hydrogen (secondary N) is 1. The first-order chi connectivity index (χ1) is 11.4. The molecule has 0 aromatic rings. The van der Waals surface area contributed by atoms with Crippen molar-refractivity contribution < 1.29 is 33.4 Å². The SMILES string of the molecule is CCOC(=O)C[C@@H](C(=O)OCC)[C@@H](NC(=O)[C@@H]1CCOC1)C(N)=O. The van der Waals surface area contributed by atoms with Gasteiger partial charge in [0.15, 0.2) is 0 Å². The molecule has 0 saturated carbocycles. The van der Waals surface area contributed by atoms with Crippen molar-refractivity contribution in [2.75, 3.05) is 26.4 Å². The molecule has 2 amide bonds. The molecule has 1 aliphatic heterocycles. The lowest BCUT2D eigenvalue weighted by molar-refractivity contribution is -0.157. The van der Waals surface area contributed by atoms with Gasteiger partial charge in [-0.2, -0.15) is 0 Å². The minimum atomic E-state index is -1.36. The maximum atomic E-state index is 12.2. The zero-order valence-corrected chi connectivity index (χ0v) is 13.9. The van der Waals surface area contributed by atoms with Crippen LogP contribution in [0.4, 0.5) is 0 Å². The second-order valence-corrected chi connectivity index (χ2v) is 5.32. The summed E-state index contributed by atoms with van der Waals surface area (Å²) < 4.78 is 14.8. The molecule has 3 atom stereocenters. The number of primary amides is 1. The van der Waals surface area contributed by atoms with Crippen LogP contribution in [-0.2, 0) is 33.4 Å². The molecule has 0 unspecified atom stereocenters. The van der Waals surface area contributed by atoms with Gasteiger partial charge >= 0.3 is 11.9 Å². The Balaban J connectivity index is 2.89. The summed E-state index contributed by atoms with van der Waals surface area (Å²) in [5.74, 6) is -4.51. The molecular weight excluding hydrogens is 320 g/mol. The zero-order chi connectivity index (χ0) is 18.1. The summed E-state index contributed by atoms with van der Waals surface area (Å²) in [4.78, 5) is 47.8. The van der Waals surface area contributed by atoms with E-state index in [1.807, 2.05) is 0 Å². The van der Waals surface area contributed by atoms with E-state index in [0.717, 1.165) is 0 Å². The Morgan fingerprint density at radius 1 is 1.21 bits per heavy atom. The van der Waals surface area contributed by atoms with Crippen LogP contribution in [0.2, 0.25) is 0 Å². The molecule has 0 spiro atoms. The Morgan fingerprint density at radius 2 is 1.88 bits per heavy atom. The van der Waals surface area contributed by atoms with Crippen LogP contribution < -0.4 is 11.1 Å². The summed E-state index contributed by atoms with van der Waals surface area (Å²) >= 11 is 0. The van der Waals surface area contributed by atoms with Crippen LogP contribution >= 0.6 is 0 Å². The average molecular weight is 344 g/mol. The number of amides is 2. The van der Waals surface area contributed by atoms with Crippen molar-refractivity contribution in [3.05, 3.63) is 0 Å². The van der Waals surface area contributed by atoms with Crippen molar-refractivity contribution in [1.82, 2.24) is 5.32 Å². The number of rotatable bonds is 9. The predicted molar refractivity (Wildman–Crippen MR) is 81.4 cm³/mol. The summed E-state index contributed by atoms with van der Waals surface area (Å²) in [5, 5.41) is 2.44. The molecule has 0 aromatic heterocycles. The summed E-state index contributed by atoms with van der Waals surface area (Å²) in [5.41, 5.74) is 5.32. The third kappa shape index (κ3) is 5.80. The third-order valence-corrected chi connectivity index (χ3v) is 3.59. The maximum absolute atomic E-state index is 12.2. The highest BCUT2D eigenvalue weighted by molar-refractivity contribution is 5.93. The van der Waals surface area contributed by atoms with E-state index in [1.165, 1.54) is 0 Å². The molecule has 3 N–H and O–H groups in total. The average Bonchev–Trinajstić information content (AvgIpc) is 3.05. The fourth-order valence-corrected chi connectivity index (χ4v) is 2.37. The molecule has 0 radical (unpaired) electrons. The number of esters is 2. The van der Waals surface area contributed by atoms with E-state index in [0.29, 0.717) is 13.0 Å². The molecule has 24 heavy (non-hydrogen) atoms. The number of carbonyl (C=O) groups excluding carboxylic acids is 4. The molecule has 0 aliphatic carbocycles. The highest BCUT2D eigenvalue weighted by Gasteiger charge is 2.38. The Bertz CT molecular complexity index is 474. The van der Waals surface area contributed by atoms with E-state index in [9.17, 15) is 19.2 Å². The molecule has 1 heterocycles. The molecular formula is C15H24N2O7. The van der Waals surface area contributed by atoms with Crippen molar-refractivity contribution in [1.29, 1.82) is 0 Å². The lowest BCUT2D eigenvalue weighted by Crippen LogP contribution is -2.53. The molecule has 0 bridgehead atoms. The Labute approximate surface area is 140 Å². The van der Waals surface area contributed by atoms with Gasteiger partial charge in [-0.15, -0.1) is 0 Å². The largest absolute Gasteiger partial charge is 0.466 e. The molecule has 1 saturated heterocycles. The first kappa shape index (κ1) is 19.9. The van der Waals surface area contributed by atoms with Gasteiger partial charge in [-0.05, 0) is 20.3 Å². The zero-order valence-electron chi connectivity index (χ0n) is 13.9. The molecule has 0 aromatic carbocycles. The van der Waals surface area contributed by atoms with Gasteiger partial charge in [0, 0.05) is 6.61 Å². The Hall–Kier alpha value is -2.16. The minimum absolute atomic E-state index is 0.0635. The van der Waals surface area contributed by atoms with Crippen molar-refractivity contribution >= 4 is 23.8 Å². The van der Waals surface area contributed by atoms with Crippen molar-refractivity contribution in [2.24, 2.45) is 17.6 Å². The fraction of sp³-hybridized carbons (Fsp3) is 0.733. The van der Waals surface area contributed by atoms with Crippen molar-refractivity contribution in [3.8, 4) is 0 Å². The maximum Gasteiger partial charge on any atom is 0.312 e. The molecule has 9 nitrogen and oxygen atoms in total. The van der Waals surface area contributed by atoms with E-state index in [-0.39, 0.29) is 19.8 Å². The summed E-state index contributed by atoms with van der Waals surface area (Å²) in [6.45, 7) is 4.08. The second kappa shape index (κ2) is 9.86. The molecule has 136 valence electrons. The van der Waals surface area contributed by atoms with Crippen LogP contribution in [0, 0.1) is 11.8 Å². The smallest absolute Gasteiger partial charge is 0.312 e. The second-order valence-electron chi connectivity index (χ2n) is 5.32. The van der Waals surface area contributed by atoms with Crippen LogP contribution in [0.1, 0.15) is 26.7 Å². The van der Waals surface area contributed by atoms with Crippen molar-refractivity contribution in [2.45, 2.75) is 32.7 Å². The summed E-state index contributed by atoms with van der Waals surface area (Å²) in [6.07, 6.45) is 0.0982. The molecule has 1 fully saturated rings. The fourth-order valence-electron chi connectivity index (χ4n) is 2.37. The van der Waals surface area contributed by atoms with Crippen LogP contribution in [0.3, 0.4) is 0 Å². The third-order valence-electron chi connectivity index (χ3n) is 3.59. The minimum Gasteiger partial charge on any atom is -0.466 e. The molecule has 1 rings (SSSR count). The summed E-state index contributed by atoms with van der Waals surface area (Å²) in [7, 11) is 0. The number of hydrogen-bond donors (Lipinski definition) is 2. The summed E-state index contributed by atoms with van der Waals surface area (Å²) in [6, 6.07) is -1.36. The van der Waals surface area contributed by atoms with Crippen LogP contribution in [0.25, 0.3) is 0 Å². The highest BCUT2D eigenvalue weighted by atomic mass is 16.5. The monoisotopic (exact) mass is 344 g/mol. The quantitative estimate of drug-likeness (QED) is 0.519.